The zero-order valence-electron chi connectivity index (χ0n) is 12.7. The molecule has 0 saturated carbocycles. The van der Waals surface area contributed by atoms with Gasteiger partial charge in [0.2, 0.25) is 0 Å². The lowest BCUT2D eigenvalue weighted by Gasteiger charge is -2.27. The predicted molar refractivity (Wildman–Crippen MR) is 80.6 cm³/mol. The van der Waals surface area contributed by atoms with Crippen molar-refractivity contribution in [2.75, 3.05) is 24.6 Å². The summed E-state index contributed by atoms with van der Waals surface area (Å²) in [4.78, 5) is 2.13. The molecule has 0 radical (unpaired) electrons. The van der Waals surface area contributed by atoms with Crippen molar-refractivity contribution in [3.05, 3.63) is 29.6 Å². The van der Waals surface area contributed by atoms with E-state index in [1.165, 1.54) is 0 Å². The van der Waals surface area contributed by atoms with Crippen LogP contribution in [0.15, 0.2) is 18.2 Å². The lowest BCUT2D eigenvalue weighted by Crippen LogP contribution is -2.32. The smallest absolute Gasteiger partial charge is 0.146 e. The molecule has 1 aliphatic heterocycles. The Bertz CT molecular complexity index is 436. The Labute approximate surface area is 121 Å². The molecule has 1 heterocycles. The summed E-state index contributed by atoms with van der Waals surface area (Å²) in [5.41, 5.74) is 1.76. The monoisotopic (exact) mass is 280 g/mol. The first kappa shape index (κ1) is 15.3. The minimum atomic E-state index is -0.137. The lowest BCUT2D eigenvalue weighted by molar-refractivity contribution is 0.0820. The van der Waals surface area contributed by atoms with Gasteiger partial charge in [-0.15, -0.1) is 0 Å². The normalized spacial score (nSPS) is 20.2. The SMILES string of the molecule is CC(C)NCc1cccc(F)c1N1CCCOC(C)C1. The highest BCUT2D eigenvalue weighted by atomic mass is 19.1. The fourth-order valence-corrected chi connectivity index (χ4v) is 2.57. The molecule has 1 unspecified atom stereocenters. The molecule has 4 heteroatoms. The van der Waals surface area contributed by atoms with Crippen molar-refractivity contribution in [1.29, 1.82) is 0 Å². The summed E-state index contributed by atoms with van der Waals surface area (Å²) in [6.45, 7) is 9.28. The molecule has 0 aromatic heterocycles. The number of para-hydroxylation sites is 1. The molecule has 20 heavy (non-hydrogen) atoms. The van der Waals surface area contributed by atoms with Crippen LogP contribution in [-0.4, -0.2) is 31.8 Å². The fourth-order valence-electron chi connectivity index (χ4n) is 2.57. The second-order valence-electron chi connectivity index (χ2n) is 5.76. The molecule has 0 aliphatic carbocycles. The van der Waals surface area contributed by atoms with Gasteiger partial charge in [0, 0.05) is 32.3 Å². The van der Waals surface area contributed by atoms with Crippen LogP contribution >= 0.6 is 0 Å². The number of rotatable bonds is 4. The van der Waals surface area contributed by atoms with Crippen molar-refractivity contribution < 1.29 is 9.13 Å². The van der Waals surface area contributed by atoms with Gasteiger partial charge in [-0.25, -0.2) is 4.39 Å². The maximum atomic E-state index is 14.3. The Hall–Kier alpha value is -1.13. The molecule has 1 aliphatic rings. The number of anilines is 1. The summed E-state index contributed by atoms with van der Waals surface area (Å²) >= 11 is 0. The van der Waals surface area contributed by atoms with Crippen LogP contribution in [0, 0.1) is 5.82 Å². The fraction of sp³-hybridized carbons (Fsp3) is 0.625. The average molecular weight is 280 g/mol. The Morgan fingerprint density at radius 3 is 3.00 bits per heavy atom. The minimum Gasteiger partial charge on any atom is -0.377 e. The Balaban J connectivity index is 2.23. The third-order valence-electron chi connectivity index (χ3n) is 3.54. The van der Waals surface area contributed by atoms with E-state index in [1.54, 1.807) is 12.1 Å². The van der Waals surface area contributed by atoms with E-state index in [1.807, 2.05) is 13.0 Å². The summed E-state index contributed by atoms with van der Waals surface area (Å²) in [6.07, 6.45) is 1.08. The highest BCUT2D eigenvalue weighted by Crippen LogP contribution is 2.26. The molecular weight excluding hydrogens is 255 g/mol. The van der Waals surface area contributed by atoms with E-state index in [2.05, 4.69) is 24.1 Å². The van der Waals surface area contributed by atoms with Crippen molar-refractivity contribution >= 4 is 5.69 Å². The van der Waals surface area contributed by atoms with Crippen molar-refractivity contribution in [1.82, 2.24) is 5.32 Å². The number of nitrogens with one attached hydrogen (secondary N) is 1. The molecule has 112 valence electrons. The van der Waals surface area contributed by atoms with Gasteiger partial charge in [0.1, 0.15) is 5.82 Å². The molecule has 1 aromatic rings. The number of ether oxygens (including phenoxy) is 1. The van der Waals surface area contributed by atoms with E-state index in [0.29, 0.717) is 12.6 Å². The van der Waals surface area contributed by atoms with Crippen LogP contribution in [0.3, 0.4) is 0 Å². The summed E-state index contributed by atoms with van der Waals surface area (Å²) in [7, 11) is 0. The molecule has 1 N–H and O–H groups in total. The first-order chi connectivity index (χ1) is 9.58. The number of halogens is 1. The molecule has 3 nitrogen and oxygen atoms in total. The molecule has 1 fully saturated rings. The maximum Gasteiger partial charge on any atom is 0.146 e. The second-order valence-corrected chi connectivity index (χ2v) is 5.76. The average Bonchev–Trinajstić information content (AvgIpc) is 2.61. The van der Waals surface area contributed by atoms with Gasteiger partial charge in [-0.1, -0.05) is 26.0 Å². The van der Waals surface area contributed by atoms with Crippen LogP contribution < -0.4 is 10.2 Å². The van der Waals surface area contributed by atoms with Gasteiger partial charge in [-0.3, -0.25) is 0 Å². The second kappa shape index (κ2) is 7.04. The van der Waals surface area contributed by atoms with Gasteiger partial charge < -0.3 is 15.0 Å². The summed E-state index contributed by atoms with van der Waals surface area (Å²) in [5, 5.41) is 3.37. The number of nitrogens with zero attached hydrogens (tertiary/aromatic N) is 1. The van der Waals surface area contributed by atoms with Gasteiger partial charge >= 0.3 is 0 Å². The number of benzene rings is 1. The maximum absolute atomic E-state index is 14.3. The zero-order chi connectivity index (χ0) is 14.5. The molecule has 1 aromatic carbocycles. The van der Waals surface area contributed by atoms with Gasteiger partial charge in [0.15, 0.2) is 0 Å². The molecule has 2 rings (SSSR count). The van der Waals surface area contributed by atoms with E-state index in [0.717, 1.165) is 37.4 Å². The van der Waals surface area contributed by atoms with Crippen molar-refractivity contribution in [2.45, 2.75) is 45.9 Å². The van der Waals surface area contributed by atoms with Gasteiger partial charge in [-0.2, -0.15) is 0 Å². The zero-order valence-corrected chi connectivity index (χ0v) is 12.7. The molecule has 0 bridgehead atoms. The summed E-state index contributed by atoms with van der Waals surface area (Å²) < 4.78 is 20.0. The van der Waals surface area contributed by atoms with Gasteiger partial charge in [-0.05, 0) is 25.0 Å². The van der Waals surface area contributed by atoms with Crippen LogP contribution in [0.1, 0.15) is 32.8 Å². The summed E-state index contributed by atoms with van der Waals surface area (Å²) in [5.74, 6) is -0.137. The van der Waals surface area contributed by atoms with Crippen LogP contribution in [0.5, 0.6) is 0 Å². The largest absolute Gasteiger partial charge is 0.377 e. The van der Waals surface area contributed by atoms with E-state index in [4.69, 9.17) is 4.74 Å². The van der Waals surface area contributed by atoms with Gasteiger partial charge in [0.05, 0.1) is 11.8 Å². The first-order valence-electron chi connectivity index (χ1n) is 7.45. The third-order valence-corrected chi connectivity index (χ3v) is 3.54. The molecule has 0 spiro atoms. The molecule has 0 amide bonds. The molecule has 1 atom stereocenters. The Morgan fingerprint density at radius 2 is 2.25 bits per heavy atom. The Kier molecular flexibility index (Phi) is 5.38. The van der Waals surface area contributed by atoms with E-state index in [-0.39, 0.29) is 11.9 Å². The van der Waals surface area contributed by atoms with E-state index >= 15 is 0 Å². The highest BCUT2D eigenvalue weighted by Gasteiger charge is 2.20. The van der Waals surface area contributed by atoms with Crippen LogP contribution in [-0.2, 0) is 11.3 Å². The van der Waals surface area contributed by atoms with Crippen LogP contribution in [0.4, 0.5) is 10.1 Å². The van der Waals surface area contributed by atoms with Crippen LogP contribution in [0.25, 0.3) is 0 Å². The van der Waals surface area contributed by atoms with Crippen molar-refractivity contribution in [3.63, 3.8) is 0 Å². The van der Waals surface area contributed by atoms with Crippen LogP contribution in [0.2, 0.25) is 0 Å². The topological polar surface area (TPSA) is 24.5 Å². The first-order valence-corrected chi connectivity index (χ1v) is 7.45. The predicted octanol–water partition coefficient (Wildman–Crippen LogP) is 2.94. The molecule has 1 saturated heterocycles. The number of hydrogen-bond donors (Lipinski definition) is 1. The number of hydrogen-bond acceptors (Lipinski definition) is 3. The summed E-state index contributed by atoms with van der Waals surface area (Å²) in [6, 6.07) is 5.72. The van der Waals surface area contributed by atoms with E-state index < -0.39 is 0 Å². The lowest BCUT2D eigenvalue weighted by atomic mass is 10.1. The van der Waals surface area contributed by atoms with E-state index in [9.17, 15) is 4.39 Å². The standard InChI is InChI=1S/C16H25FN2O/c1-12(2)18-10-14-6-4-7-15(17)16(14)19-8-5-9-20-13(3)11-19/h4,6-7,12-13,18H,5,8-11H2,1-3H3. The van der Waals surface area contributed by atoms with Crippen molar-refractivity contribution in [2.24, 2.45) is 0 Å². The minimum absolute atomic E-state index is 0.137. The highest BCUT2D eigenvalue weighted by molar-refractivity contribution is 5.55. The van der Waals surface area contributed by atoms with Crippen molar-refractivity contribution in [3.8, 4) is 0 Å². The Morgan fingerprint density at radius 1 is 1.45 bits per heavy atom. The molecular formula is C16H25FN2O. The van der Waals surface area contributed by atoms with Gasteiger partial charge in [0.25, 0.3) is 0 Å². The third kappa shape index (κ3) is 3.93. The quantitative estimate of drug-likeness (QED) is 0.917.